The molecular formula is C78H108W. The van der Waals surface area contributed by atoms with Gasteiger partial charge in [0.1, 0.15) is 0 Å². The van der Waals surface area contributed by atoms with Crippen LogP contribution in [0, 0.1) is 0 Å². The topological polar surface area (TPSA) is 0 Å². The number of benzene rings is 8. The van der Waals surface area contributed by atoms with E-state index in [0.29, 0.717) is 0 Å². The van der Waals surface area contributed by atoms with E-state index in [9.17, 15) is 0 Å². The van der Waals surface area contributed by atoms with Crippen LogP contribution in [-0.4, -0.2) is 0 Å². The normalized spacial score (nSPS) is 12.3. The first-order valence-corrected chi connectivity index (χ1v) is 28.2. The van der Waals surface area contributed by atoms with Gasteiger partial charge >= 0.3 is 0 Å². The van der Waals surface area contributed by atoms with E-state index in [1.165, 1.54) is 88.3 Å². The van der Waals surface area contributed by atoms with Crippen molar-refractivity contribution in [2.24, 2.45) is 0 Å². The molecule has 79 heavy (non-hydrogen) atoms. The summed E-state index contributed by atoms with van der Waals surface area (Å²) in [7, 11) is 0. The Kier molecular flexibility index (Phi) is 23.7. The van der Waals surface area contributed by atoms with Crippen molar-refractivity contribution in [1.29, 1.82) is 0 Å². The molecule has 8 aromatic rings. The van der Waals surface area contributed by atoms with Crippen LogP contribution in [0.15, 0.2) is 170 Å². The molecule has 0 heterocycles. The number of fused-ring (bicyclic) bond motifs is 2. The third-order valence-electron chi connectivity index (χ3n) is 14.8. The van der Waals surface area contributed by atoms with Crippen LogP contribution in [0.4, 0.5) is 0 Å². The Morgan fingerprint density at radius 2 is 0.380 bits per heavy atom. The van der Waals surface area contributed by atoms with Crippen molar-refractivity contribution in [2.45, 2.75) is 224 Å². The minimum absolute atomic E-state index is 0. The Morgan fingerprint density at radius 1 is 0.177 bits per heavy atom. The second-order valence-electron chi connectivity index (χ2n) is 29.9. The molecule has 0 bridgehead atoms. The van der Waals surface area contributed by atoms with Gasteiger partial charge in [-0.1, -0.05) is 351 Å². The SMILES string of the molecule is C.C.CC(C)(C)c1ccc(-c2ccc(C(C)(C)C)cc2)cc1.CC(C)(C)c1ccc2cc(C(C)(C)C)ccc2c1.CC(C)(C)c1ccc2ccc(C(C)(C)C)cc2c1.CC(C)(C)c1cccc(-c2cccc(C(C)(C)C)c2)c1.[W]. The molecule has 0 aliphatic carbocycles. The molecule has 0 fully saturated rings. The zero-order chi connectivity index (χ0) is 57.0. The van der Waals surface area contributed by atoms with Crippen molar-refractivity contribution in [1.82, 2.24) is 0 Å². The fraction of sp³-hybridized carbons (Fsp3) is 0.436. The van der Waals surface area contributed by atoms with Crippen LogP contribution >= 0.6 is 0 Å². The van der Waals surface area contributed by atoms with Gasteiger partial charge in [0.25, 0.3) is 0 Å². The van der Waals surface area contributed by atoms with Gasteiger partial charge in [0.15, 0.2) is 0 Å². The van der Waals surface area contributed by atoms with Crippen LogP contribution in [0.3, 0.4) is 0 Å². The molecule has 0 unspecified atom stereocenters. The standard InChI is InChI=1S/2C20H26.2C18H24.2CH4.W/c1-19(2,3)17-11-7-15(8-12-17)16-9-13-18(14-10-16)20(4,5)6;1-19(2,3)17-11-7-9-15(13-17)16-10-8-12-18(14-16)20(4,5)6;1-17(2,3)15-9-7-14-12-16(18(4,5)6)10-8-13(14)11-15;1-17(2,3)15-9-7-13-8-10-16(18(4,5)6)12-14(13)11-15;;;/h2*7-14H,1-6H3;2*7-12H,1-6H3;2*1H4;. The molecular weight excluding hydrogens is 1120 g/mol. The third kappa shape index (κ3) is 20.2. The van der Waals surface area contributed by atoms with Crippen LogP contribution in [0.25, 0.3) is 43.8 Å². The van der Waals surface area contributed by atoms with Crippen molar-refractivity contribution < 1.29 is 21.1 Å². The van der Waals surface area contributed by atoms with Gasteiger partial charge in [0.05, 0.1) is 0 Å². The molecule has 0 amide bonds. The predicted molar refractivity (Wildman–Crippen MR) is 355 cm³/mol. The van der Waals surface area contributed by atoms with Gasteiger partial charge in [0, 0.05) is 21.1 Å². The first-order valence-electron chi connectivity index (χ1n) is 28.2. The molecule has 0 aromatic heterocycles. The van der Waals surface area contributed by atoms with E-state index in [0.717, 1.165) is 0 Å². The Hall–Kier alpha value is -5.03. The molecule has 0 aliphatic rings. The van der Waals surface area contributed by atoms with Crippen LogP contribution in [0.5, 0.6) is 0 Å². The van der Waals surface area contributed by atoms with Gasteiger partial charge < -0.3 is 0 Å². The van der Waals surface area contributed by atoms with Crippen molar-refractivity contribution in [3.8, 4) is 22.3 Å². The largest absolute Gasteiger partial charge is 0.0776 e. The third-order valence-corrected chi connectivity index (χ3v) is 14.8. The molecule has 8 rings (SSSR count). The van der Waals surface area contributed by atoms with Crippen LogP contribution in [0.1, 0.15) is 226 Å². The molecule has 0 saturated heterocycles. The van der Waals surface area contributed by atoms with Crippen molar-refractivity contribution >= 4 is 21.5 Å². The Labute approximate surface area is 500 Å². The van der Waals surface area contributed by atoms with Gasteiger partial charge in [0.2, 0.25) is 0 Å². The summed E-state index contributed by atoms with van der Waals surface area (Å²) in [5, 5.41) is 5.37. The summed E-state index contributed by atoms with van der Waals surface area (Å²) >= 11 is 0. The summed E-state index contributed by atoms with van der Waals surface area (Å²) in [6.07, 6.45) is 0. The van der Waals surface area contributed by atoms with E-state index in [2.05, 4.69) is 336 Å². The Morgan fingerprint density at radius 3 is 0.620 bits per heavy atom. The summed E-state index contributed by atoms with van der Waals surface area (Å²) in [4.78, 5) is 0. The Balaban J connectivity index is 0.000000356. The fourth-order valence-corrected chi connectivity index (χ4v) is 9.01. The van der Waals surface area contributed by atoms with Crippen molar-refractivity contribution in [2.75, 3.05) is 0 Å². The molecule has 426 valence electrons. The van der Waals surface area contributed by atoms with Crippen molar-refractivity contribution in [3.63, 3.8) is 0 Å². The molecule has 0 saturated carbocycles. The first-order chi connectivity index (χ1) is 34.7. The van der Waals surface area contributed by atoms with Crippen LogP contribution in [0.2, 0.25) is 0 Å². The fourth-order valence-electron chi connectivity index (χ4n) is 9.01. The summed E-state index contributed by atoms with van der Waals surface area (Å²) < 4.78 is 0. The van der Waals surface area contributed by atoms with Crippen LogP contribution in [-0.2, 0) is 64.4 Å². The molecule has 0 atom stereocenters. The zero-order valence-corrected chi connectivity index (χ0v) is 55.5. The molecule has 8 aromatic carbocycles. The smallest absolute Gasteiger partial charge is 0 e. The maximum atomic E-state index is 2.34. The minimum atomic E-state index is 0. The zero-order valence-electron chi connectivity index (χ0n) is 52.6. The molecule has 0 aliphatic heterocycles. The van der Waals surface area contributed by atoms with Gasteiger partial charge in [-0.05, 0) is 132 Å². The summed E-state index contributed by atoms with van der Waals surface area (Å²) in [6.45, 7) is 54.2. The van der Waals surface area contributed by atoms with Gasteiger partial charge in [-0.3, -0.25) is 0 Å². The van der Waals surface area contributed by atoms with E-state index in [1.54, 1.807) is 0 Å². The van der Waals surface area contributed by atoms with Gasteiger partial charge in [-0.25, -0.2) is 0 Å². The maximum absolute atomic E-state index is 2.34. The summed E-state index contributed by atoms with van der Waals surface area (Å²) in [5.41, 5.74) is 18.0. The average Bonchev–Trinajstić information content (AvgIpc) is 3.32. The van der Waals surface area contributed by atoms with Crippen LogP contribution < -0.4 is 0 Å². The summed E-state index contributed by atoms with van der Waals surface area (Å²) in [6, 6.07) is 63.0. The van der Waals surface area contributed by atoms with E-state index in [1.807, 2.05) is 0 Å². The quantitative estimate of drug-likeness (QED) is 0.162. The van der Waals surface area contributed by atoms with Gasteiger partial charge in [-0.15, -0.1) is 0 Å². The maximum Gasteiger partial charge on any atom is 0 e. The molecule has 0 spiro atoms. The minimum Gasteiger partial charge on any atom is -0.0776 e. The first kappa shape index (κ1) is 70.1. The molecule has 0 nitrogen and oxygen atoms in total. The second kappa shape index (κ2) is 26.7. The number of rotatable bonds is 2. The van der Waals surface area contributed by atoms with E-state index in [-0.39, 0.29) is 79.2 Å². The molecule has 0 radical (unpaired) electrons. The second-order valence-corrected chi connectivity index (χ2v) is 29.9. The average molecular weight is 1230 g/mol. The number of hydrogen-bond donors (Lipinski definition) is 0. The monoisotopic (exact) mass is 1230 g/mol. The van der Waals surface area contributed by atoms with E-state index < -0.39 is 0 Å². The summed E-state index contributed by atoms with van der Waals surface area (Å²) in [5.74, 6) is 0. The van der Waals surface area contributed by atoms with Gasteiger partial charge in [-0.2, -0.15) is 0 Å². The van der Waals surface area contributed by atoms with Crippen molar-refractivity contribution in [3.05, 3.63) is 214 Å². The predicted octanol–water partition coefficient (Wildman–Crippen LogP) is 24.0. The van der Waals surface area contributed by atoms with E-state index >= 15 is 0 Å². The molecule has 0 N–H and O–H groups in total. The number of hydrogen-bond acceptors (Lipinski definition) is 0. The molecule has 1 heteroatoms. The van der Waals surface area contributed by atoms with E-state index in [4.69, 9.17) is 0 Å². The Bertz CT molecular complexity index is 2940.